The maximum atomic E-state index is 6.11. The summed E-state index contributed by atoms with van der Waals surface area (Å²) < 4.78 is 0. The quantitative estimate of drug-likeness (QED) is 0.467. The first-order chi connectivity index (χ1) is 8.74. The molecule has 0 spiro atoms. The molecule has 0 amide bonds. The summed E-state index contributed by atoms with van der Waals surface area (Å²) in [5, 5.41) is 0. The molecule has 4 heteroatoms. The summed E-state index contributed by atoms with van der Waals surface area (Å²) in [4.78, 5) is 6.92. The molecule has 2 atom stereocenters. The normalized spacial score (nSPS) is 32.7. The highest BCUT2D eigenvalue weighted by Gasteiger charge is 2.44. The van der Waals surface area contributed by atoms with Gasteiger partial charge < -0.3 is 10.6 Å². The molecule has 3 nitrogen and oxygen atoms in total. The van der Waals surface area contributed by atoms with Crippen molar-refractivity contribution in [3.05, 3.63) is 0 Å². The van der Waals surface area contributed by atoms with Gasteiger partial charge in [-0.1, -0.05) is 26.2 Å². The number of halogens is 1. The molecule has 0 radical (unpaired) electrons. The second kappa shape index (κ2) is 6.64. The Balaban J connectivity index is 0.00000133. The van der Waals surface area contributed by atoms with Crippen LogP contribution in [-0.2, 0) is 0 Å². The van der Waals surface area contributed by atoms with Gasteiger partial charge in [0.05, 0.1) is 0 Å². The zero-order chi connectivity index (χ0) is 12.5. The second-order valence-corrected chi connectivity index (χ2v) is 6.72. The molecule has 0 aromatic rings. The van der Waals surface area contributed by atoms with Crippen LogP contribution in [0.25, 0.3) is 0 Å². The summed E-state index contributed by atoms with van der Waals surface area (Å²) in [6.07, 6.45) is 8.37. The van der Waals surface area contributed by atoms with Gasteiger partial charge in [0.25, 0.3) is 0 Å². The van der Waals surface area contributed by atoms with Crippen LogP contribution in [0.15, 0.2) is 4.99 Å². The lowest BCUT2D eigenvalue weighted by Crippen LogP contribution is -2.42. The number of guanidine groups is 1. The monoisotopic (exact) mass is 377 g/mol. The minimum atomic E-state index is 0. The van der Waals surface area contributed by atoms with E-state index in [1.807, 2.05) is 0 Å². The van der Waals surface area contributed by atoms with E-state index < -0.39 is 0 Å². The van der Waals surface area contributed by atoms with Gasteiger partial charge in [-0.2, -0.15) is 0 Å². The Morgan fingerprint density at radius 2 is 1.89 bits per heavy atom. The van der Waals surface area contributed by atoms with Crippen molar-refractivity contribution in [2.45, 2.75) is 45.4 Å². The van der Waals surface area contributed by atoms with Crippen molar-refractivity contribution in [3.63, 3.8) is 0 Å². The van der Waals surface area contributed by atoms with Gasteiger partial charge in [-0.15, -0.1) is 24.0 Å². The number of nitrogens with zero attached hydrogens (tertiary/aromatic N) is 2. The molecule has 110 valence electrons. The fraction of sp³-hybridized carbons (Fsp3) is 0.933. The van der Waals surface area contributed by atoms with Gasteiger partial charge in [0.2, 0.25) is 0 Å². The largest absolute Gasteiger partial charge is 0.370 e. The molecule has 2 N–H and O–H groups in total. The minimum Gasteiger partial charge on any atom is -0.370 e. The van der Waals surface area contributed by atoms with Crippen LogP contribution in [0.1, 0.15) is 45.4 Å². The lowest BCUT2D eigenvalue weighted by Gasteiger charge is -2.31. The first-order valence-corrected chi connectivity index (χ1v) is 7.79. The molecule has 1 saturated heterocycles. The lowest BCUT2D eigenvalue weighted by atomic mass is 9.81. The van der Waals surface area contributed by atoms with Crippen LogP contribution >= 0.6 is 24.0 Å². The summed E-state index contributed by atoms with van der Waals surface area (Å²) in [5.41, 5.74) is 6.11. The molecular weight excluding hydrogens is 349 g/mol. The molecule has 3 aliphatic rings. The van der Waals surface area contributed by atoms with Gasteiger partial charge >= 0.3 is 0 Å². The fourth-order valence-electron chi connectivity index (χ4n) is 3.47. The standard InChI is InChI=1S/C15H27N3.HI/c1-11-5-7-18(8-6-11)15(16)17-10-13-9-14(13)12-3-2-4-12;/h11-14H,2-10H2,1H3,(H2,16,17);1H/t13-,14-;/m0./s1. The smallest absolute Gasteiger partial charge is 0.191 e. The van der Waals surface area contributed by atoms with Crippen molar-refractivity contribution in [2.24, 2.45) is 34.4 Å². The minimum absolute atomic E-state index is 0. The number of rotatable bonds is 3. The third kappa shape index (κ3) is 3.76. The van der Waals surface area contributed by atoms with E-state index in [1.54, 1.807) is 0 Å². The Morgan fingerprint density at radius 3 is 2.47 bits per heavy atom. The van der Waals surface area contributed by atoms with Gasteiger partial charge in [-0.05, 0) is 42.9 Å². The zero-order valence-corrected chi connectivity index (χ0v) is 14.4. The summed E-state index contributed by atoms with van der Waals surface area (Å²) in [7, 11) is 0. The average Bonchev–Trinajstić information content (AvgIpc) is 3.04. The molecule has 3 fully saturated rings. The molecule has 2 aliphatic carbocycles. The SMILES string of the molecule is CC1CCN(C(N)=NC[C@@H]2C[C@H]2C2CCC2)CC1.I. The van der Waals surface area contributed by atoms with Crippen molar-refractivity contribution in [2.75, 3.05) is 19.6 Å². The molecule has 3 rings (SSSR count). The molecule has 0 aromatic heterocycles. The van der Waals surface area contributed by atoms with E-state index in [4.69, 9.17) is 5.73 Å². The Morgan fingerprint density at radius 1 is 1.21 bits per heavy atom. The van der Waals surface area contributed by atoms with Crippen molar-refractivity contribution < 1.29 is 0 Å². The highest BCUT2D eigenvalue weighted by molar-refractivity contribution is 14.0. The summed E-state index contributed by atoms with van der Waals surface area (Å²) in [5.74, 6) is 4.57. The summed E-state index contributed by atoms with van der Waals surface area (Å²) >= 11 is 0. The van der Waals surface area contributed by atoms with Crippen molar-refractivity contribution in [3.8, 4) is 0 Å². The number of piperidine rings is 1. The maximum Gasteiger partial charge on any atom is 0.191 e. The number of likely N-dealkylation sites (tertiary alicyclic amines) is 1. The number of hydrogen-bond acceptors (Lipinski definition) is 1. The van der Waals surface area contributed by atoms with Gasteiger partial charge in [0.1, 0.15) is 0 Å². The molecule has 1 aliphatic heterocycles. The average molecular weight is 377 g/mol. The number of hydrogen-bond donors (Lipinski definition) is 1. The van der Waals surface area contributed by atoms with Gasteiger partial charge in [-0.25, -0.2) is 0 Å². The van der Waals surface area contributed by atoms with Crippen molar-refractivity contribution in [1.82, 2.24) is 4.90 Å². The van der Waals surface area contributed by atoms with Crippen LogP contribution in [-0.4, -0.2) is 30.5 Å². The Labute approximate surface area is 134 Å². The van der Waals surface area contributed by atoms with E-state index in [-0.39, 0.29) is 24.0 Å². The van der Waals surface area contributed by atoms with Gasteiger partial charge in [0, 0.05) is 19.6 Å². The predicted octanol–water partition coefficient (Wildman–Crippen LogP) is 3.09. The van der Waals surface area contributed by atoms with Crippen LogP contribution in [0.3, 0.4) is 0 Å². The van der Waals surface area contributed by atoms with Crippen LogP contribution in [0.2, 0.25) is 0 Å². The van der Waals surface area contributed by atoms with Crippen LogP contribution in [0, 0.1) is 23.7 Å². The molecule has 2 saturated carbocycles. The van der Waals surface area contributed by atoms with E-state index in [2.05, 4.69) is 16.8 Å². The second-order valence-electron chi connectivity index (χ2n) is 6.72. The number of aliphatic imine (C=N–C) groups is 1. The van der Waals surface area contributed by atoms with E-state index >= 15 is 0 Å². The van der Waals surface area contributed by atoms with E-state index in [9.17, 15) is 0 Å². The Hall–Kier alpha value is 0. The van der Waals surface area contributed by atoms with Gasteiger partial charge in [0.15, 0.2) is 5.96 Å². The molecule has 0 bridgehead atoms. The van der Waals surface area contributed by atoms with Crippen LogP contribution in [0.4, 0.5) is 0 Å². The van der Waals surface area contributed by atoms with E-state index in [0.717, 1.165) is 49.3 Å². The van der Waals surface area contributed by atoms with Crippen LogP contribution < -0.4 is 5.73 Å². The third-order valence-electron chi connectivity index (χ3n) is 5.33. The predicted molar refractivity (Wildman–Crippen MR) is 90.8 cm³/mol. The zero-order valence-electron chi connectivity index (χ0n) is 12.1. The van der Waals surface area contributed by atoms with E-state index in [1.165, 1.54) is 38.5 Å². The summed E-state index contributed by atoms with van der Waals surface area (Å²) in [6, 6.07) is 0. The highest BCUT2D eigenvalue weighted by Crippen LogP contribution is 2.51. The van der Waals surface area contributed by atoms with Crippen LogP contribution in [0.5, 0.6) is 0 Å². The Kier molecular flexibility index (Phi) is 5.37. The Bertz CT molecular complexity index is 319. The van der Waals surface area contributed by atoms with E-state index in [0.29, 0.717) is 0 Å². The van der Waals surface area contributed by atoms with Gasteiger partial charge in [-0.3, -0.25) is 4.99 Å². The summed E-state index contributed by atoms with van der Waals surface area (Å²) in [6.45, 7) is 5.53. The first kappa shape index (κ1) is 15.4. The topological polar surface area (TPSA) is 41.6 Å². The lowest BCUT2D eigenvalue weighted by molar-refractivity contribution is 0.265. The fourth-order valence-corrected chi connectivity index (χ4v) is 3.47. The molecule has 0 unspecified atom stereocenters. The third-order valence-corrected chi connectivity index (χ3v) is 5.33. The van der Waals surface area contributed by atoms with Crippen molar-refractivity contribution >= 4 is 29.9 Å². The molecule has 0 aromatic carbocycles. The molecular formula is C15H28IN3. The number of nitrogens with two attached hydrogens (primary N) is 1. The maximum absolute atomic E-state index is 6.11. The highest BCUT2D eigenvalue weighted by atomic mass is 127. The molecule has 19 heavy (non-hydrogen) atoms. The van der Waals surface area contributed by atoms with Crippen molar-refractivity contribution in [1.29, 1.82) is 0 Å². The molecule has 1 heterocycles. The first-order valence-electron chi connectivity index (χ1n) is 7.79.